The number of aromatic nitrogens is 1. The highest BCUT2D eigenvalue weighted by molar-refractivity contribution is 6.30. The fourth-order valence-electron chi connectivity index (χ4n) is 2.55. The van der Waals surface area contributed by atoms with Crippen LogP contribution in [0.5, 0.6) is 0 Å². The minimum Gasteiger partial charge on any atom is -0.550 e. The van der Waals surface area contributed by atoms with Gasteiger partial charge in [-0.05, 0) is 62.1 Å². The van der Waals surface area contributed by atoms with E-state index in [1.54, 1.807) is 24.3 Å². The number of hydrogen-bond acceptors (Lipinski definition) is 3. The highest BCUT2D eigenvalue weighted by atomic mass is 35.5. The molecule has 0 saturated heterocycles. The van der Waals surface area contributed by atoms with Gasteiger partial charge in [0.05, 0.1) is 5.69 Å². The molecule has 136 valence electrons. The summed E-state index contributed by atoms with van der Waals surface area (Å²) in [5.74, 6) is -0.895. The molecular formula is C20H25ClNO3-. The molecule has 25 heavy (non-hydrogen) atoms. The van der Waals surface area contributed by atoms with Gasteiger partial charge in [-0.25, -0.2) is 0 Å². The van der Waals surface area contributed by atoms with Crippen molar-refractivity contribution in [1.82, 2.24) is 4.57 Å². The monoisotopic (exact) mass is 362 g/mol. The molecule has 1 heterocycles. The Morgan fingerprint density at radius 1 is 1.16 bits per heavy atom. The fraction of sp³-hybridized carbons (Fsp3) is 0.400. The van der Waals surface area contributed by atoms with E-state index in [1.807, 2.05) is 25.5 Å². The minimum atomic E-state index is -0.943. The van der Waals surface area contributed by atoms with E-state index < -0.39 is 5.97 Å². The second-order valence-electron chi connectivity index (χ2n) is 5.89. The molecule has 0 radical (unpaired) electrons. The van der Waals surface area contributed by atoms with Crippen LogP contribution in [0.25, 0.3) is 0 Å². The molecule has 0 fully saturated rings. The zero-order valence-electron chi connectivity index (χ0n) is 15.3. The Balaban J connectivity index is 0.000000381. The van der Waals surface area contributed by atoms with Crippen LogP contribution in [-0.2, 0) is 18.3 Å². The normalized spacial score (nSPS) is 10.1. The van der Waals surface area contributed by atoms with Gasteiger partial charge in [0.1, 0.15) is 0 Å². The lowest BCUT2D eigenvalue weighted by atomic mass is 10.1. The molecule has 0 aliphatic carbocycles. The van der Waals surface area contributed by atoms with Crippen LogP contribution in [0.2, 0.25) is 5.02 Å². The number of rotatable bonds is 6. The topological polar surface area (TPSA) is 62.1 Å². The third-order valence-corrected chi connectivity index (χ3v) is 4.19. The maximum Gasteiger partial charge on any atom is 0.209 e. The average Bonchev–Trinajstić information content (AvgIpc) is 2.87. The maximum absolute atomic E-state index is 12.5. The SMILES string of the molecule is CCCCC(=O)[O-].CCc1cc(C)c(C(=O)c2ccc(Cl)cc2)n1C. The Kier molecular flexibility index (Phi) is 8.42. The summed E-state index contributed by atoms with van der Waals surface area (Å²) in [6, 6.07) is 9.09. The number of ketones is 1. The molecule has 2 aromatic rings. The van der Waals surface area contributed by atoms with Gasteiger partial charge in [0.25, 0.3) is 0 Å². The van der Waals surface area contributed by atoms with E-state index in [4.69, 9.17) is 11.6 Å². The number of aryl methyl sites for hydroxylation is 2. The van der Waals surface area contributed by atoms with Gasteiger partial charge in [0.15, 0.2) is 0 Å². The van der Waals surface area contributed by atoms with Crippen molar-refractivity contribution in [2.24, 2.45) is 7.05 Å². The number of halogens is 1. The molecule has 1 aromatic carbocycles. The maximum atomic E-state index is 12.5. The van der Waals surface area contributed by atoms with Crippen LogP contribution in [0.3, 0.4) is 0 Å². The number of aliphatic carboxylic acids is 1. The van der Waals surface area contributed by atoms with E-state index in [1.165, 1.54) is 5.69 Å². The van der Waals surface area contributed by atoms with Crippen LogP contribution in [0.15, 0.2) is 30.3 Å². The lowest BCUT2D eigenvalue weighted by Gasteiger charge is -2.07. The molecule has 0 saturated carbocycles. The molecule has 0 N–H and O–H groups in total. The van der Waals surface area contributed by atoms with Crippen LogP contribution in [-0.4, -0.2) is 16.3 Å². The highest BCUT2D eigenvalue weighted by Crippen LogP contribution is 2.19. The molecular weight excluding hydrogens is 338 g/mol. The molecule has 0 aliphatic rings. The van der Waals surface area contributed by atoms with E-state index in [9.17, 15) is 14.7 Å². The average molecular weight is 363 g/mol. The van der Waals surface area contributed by atoms with Crippen LogP contribution in [0.4, 0.5) is 0 Å². The largest absolute Gasteiger partial charge is 0.550 e. The number of hydrogen-bond donors (Lipinski definition) is 0. The zero-order valence-corrected chi connectivity index (χ0v) is 16.0. The van der Waals surface area contributed by atoms with Crippen molar-refractivity contribution in [3.63, 3.8) is 0 Å². The molecule has 0 bridgehead atoms. The van der Waals surface area contributed by atoms with Gasteiger partial charge < -0.3 is 14.5 Å². The highest BCUT2D eigenvalue weighted by Gasteiger charge is 2.17. The van der Waals surface area contributed by atoms with E-state index in [2.05, 4.69) is 13.0 Å². The Morgan fingerprint density at radius 3 is 2.16 bits per heavy atom. The number of carboxylic acids is 1. The van der Waals surface area contributed by atoms with Gasteiger partial charge in [0.2, 0.25) is 5.78 Å². The van der Waals surface area contributed by atoms with E-state index in [0.717, 1.165) is 30.5 Å². The molecule has 5 heteroatoms. The number of unbranched alkanes of at least 4 members (excludes halogenated alkanes) is 1. The van der Waals surface area contributed by atoms with E-state index >= 15 is 0 Å². The number of nitrogens with zero attached hydrogens (tertiary/aromatic N) is 1. The molecule has 0 atom stereocenters. The predicted molar refractivity (Wildman–Crippen MR) is 98.9 cm³/mol. The van der Waals surface area contributed by atoms with Gasteiger partial charge in [-0.3, -0.25) is 4.79 Å². The van der Waals surface area contributed by atoms with Crippen molar-refractivity contribution in [3.05, 3.63) is 57.9 Å². The van der Waals surface area contributed by atoms with Gasteiger partial charge in [0, 0.05) is 29.3 Å². The molecule has 1 aromatic heterocycles. The molecule has 2 rings (SSSR count). The minimum absolute atomic E-state index is 0.0476. The van der Waals surface area contributed by atoms with Gasteiger partial charge in [-0.1, -0.05) is 31.9 Å². The first-order chi connectivity index (χ1) is 11.8. The molecule has 0 aliphatic heterocycles. The Labute approximate surface area is 154 Å². The fourth-order valence-corrected chi connectivity index (χ4v) is 2.68. The van der Waals surface area contributed by atoms with E-state index in [-0.39, 0.29) is 12.2 Å². The molecule has 0 spiro atoms. The summed E-state index contributed by atoms with van der Waals surface area (Å²) in [4.78, 5) is 22.1. The zero-order chi connectivity index (χ0) is 19.0. The van der Waals surface area contributed by atoms with Crippen molar-refractivity contribution >= 4 is 23.4 Å². The first-order valence-corrected chi connectivity index (χ1v) is 8.84. The van der Waals surface area contributed by atoms with Crippen LogP contribution in [0.1, 0.15) is 60.4 Å². The summed E-state index contributed by atoms with van der Waals surface area (Å²) in [5.41, 5.74) is 3.62. The summed E-state index contributed by atoms with van der Waals surface area (Å²) in [7, 11) is 1.94. The molecule has 0 unspecified atom stereocenters. The van der Waals surface area contributed by atoms with Crippen molar-refractivity contribution < 1.29 is 14.7 Å². The molecule has 4 nitrogen and oxygen atoms in total. The lowest BCUT2D eigenvalue weighted by Crippen LogP contribution is -2.21. The van der Waals surface area contributed by atoms with Gasteiger partial charge in [-0.2, -0.15) is 0 Å². The first-order valence-electron chi connectivity index (χ1n) is 8.47. The Bertz CT molecular complexity index is 717. The number of carbonyl (C=O) groups is 2. The smallest absolute Gasteiger partial charge is 0.209 e. The number of carbonyl (C=O) groups excluding carboxylic acids is 2. The van der Waals surface area contributed by atoms with Crippen molar-refractivity contribution in [1.29, 1.82) is 0 Å². The van der Waals surface area contributed by atoms with Crippen molar-refractivity contribution in [2.75, 3.05) is 0 Å². The van der Waals surface area contributed by atoms with Gasteiger partial charge in [-0.15, -0.1) is 0 Å². The standard InChI is InChI=1S/C15H16ClNO.C5H10O2/c1-4-13-9-10(2)14(17(13)3)15(18)11-5-7-12(16)8-6-11;1-2-3-4-5(6)7/h5-9H,4H2,1-3H3;2-4H2,1H3,(H,6,7)/p-1. The summed E-state index contributed by atoms with van der Waals surface area (Å²) in [5, 5.41) is 10.3. The summed E-state index contributed by atoms with van der Waals surface area (Å²) < 4.78 is 1.98. The van der Waals surface area contributed by atoms with Crippen molar-refractivity contribution in [2.45, 2.75) is 46.5 Å². The Hall–Kier alpha value is -2.07. The Morgan fingerprint density at radius 2 is 1.76 bits per heavy atom. The van der Waals surface area contributed by atoms with E-state index in [0.29, 0.717) is 10.6 Å². The quantitative estimate of drug-likeness (QED) is 0.736. The second kappa shape index (κ2) is 10.0. The third kappa shape index (κ3) is 6.05. The molecule has 0 amide bonds. The van der Waals surface area contributed by atoms with Crippen LogP contribution in [0, 0.1) is 6.92 Å². The third-order valence-electron chi connectivity index (χ3n) is 3.94. The summed E-state index contributed by atoms with van der Waals surface area (Å²) in [6.45, 7) is 6.01. The number of carboxylic acid groups (broad SMARTS) is 1. The summed E-state index contributed by atoms with van der Waals surface area (Å²) in [6.07, 6.45) is 2.79. The van der Waals surface area contributed by atoms with Crippen LogP contribution < -0.4 is 5.11 Å². The van der Waals surface area contributed by atoms with Gasteiger partial charge >= 0.3 is 0 Å². The second-order valence-corrected chi connectivity index (χ2v) is 6.33. The van der Waals surface area contributed by atoms with Crippen LogP contribution >= 0.6 is 11.6 Å². The first kappa shape index (κ1) is 21.0. The predicted octanol–water partition coefficient (Wildman–Crippen LogP) is 3.71. The lowest BCUT2D eigenvalue weighted by molar-refractivity contribution is -0.305. The summed E-state index contributed by atoms with van der Waals surface area (Å²) >= 11 is 5.83. The number of benzene rings is 1. The van der Waals surface area contributed by atoms with Crippen molar-refractivity contribution in [3.8, 4) is 0 Å².